The normalized spacial score (nSPS) is 54.4. The number of aldehydes is 1. The van der Waals surface area contributed by atoms with Crippen molar-refractivity contribution >= 4 is 6.29 Å². The zero-order valence-electron chi connectivity index (χ0n) is 17.9. The lowest BCUT2D eigenvalue weighted by Crippen LogP contribution is -2.62. The Labute approximate surface area is 170 Å². The predicted molar refractivity (Wildman–Crippen MR) is 108 cm³/mol. The van der Waals surface area contributed by atoms with Crippen LogP contribution in [0.15, 0.2) is 0 Å². The molecule has 4 heteroatoms. The summed E-state index contributed by atoms with van der Waals surface area (Å²) in [6.45, 7) is 6.90. The molecule has 0 aromatic rings. The van der Waals surface area contributed by atoms with Crippen LogP contribution >= 0.6 is 0 Å². The second-order valence-corrected chi connectivity index (χ2v) is 11.2. The summed E-state index contributed by atoms with van der Waals surface area (Å²) in [5, 5.41) is 32.9. The monoisotopic (exact) mass is 392 g/mol. The van der Waals surface area contributed by atoms with Gasteiger partial charge in [-0.25, -0.2) is 0 Å². The molecule has 4 aliphatic rings. The number of hydrogen-bond donors (Lipinski definition) is 3. The van der Waals surface area contributed by atoms with Gasteiger partial charge in [-0.3, -0.25) is 0 Å². The number of aliphatic hydroxyl groups excluding tert-OH is 3. The first-order chi connectivity index (χ1) is 13.2. The Bertz CT molecular complexity index is 593. The fraction of sp³-hybridized carbons (Fsp3) is 0.958. The Morgan fingerprint density at radius 2 is 1.79 bits per heavy atom. The zero-order chi connectivity index (χ0) is 20.3. The van der Waals surface area contributed by atoms with E-state index in [2.05, 4.69) is 20.8 Å². The van der Waals surface area contributed by atoms with Crippen molar-refractivity contribution in [2.45, 2.75) is 96.9 Å². The Hall–Kier alpha value is -0.450. The van der Waals surface area contributed by atoms with Crippen LogP contribution in [0.3, 0.4) is 0 Å². The van der Waals surface area contributed by atoms with E-state index in [1.165, 1.54) is 0 Å². The van der Waals surface area contributed by atoms with Crippen LogP contribution in [-0.2, 0) is 4.79 Å². The summed E-state index contributed by atoms with van der Waals surface area (Å²) >= 11 is 0. The summed E-state index contributed by atoms with van der Waals surface area (Å²) in [7, 11) is 0. The van der Waals surface area contributed by atoms with E-state index in [0.717, 1.165) is 57.7 Å². The van der Waals surface area contributed by atoms with Gasteiger partial charge in [0.05, 0.1) is 18.3 Å². The minimum Gasteiger partial charge on any atom is -0.393 e. The molecular weight excluding hydrogens is 352 g/mol. The van der Waals surface area contributed by atoms with Gasteiger partial charge >= 0.3 is 0 Å². The average Bonchev–Trinajstić information content (AvgIpc) is 3.01. The van der Waals surface area contributed by atoms with Crippen molar-refractivity contribution < 1.29 is 20.1 Å². The second-order valence-electron chi connectivity index (χ2n) is 11.2. The number of fused-ring (bicyclic) bond motifs is 5. The van der Waals surface area contributed by atoms with Crippen molar-refractivity contribution in [1.82, 2.24) is 0 Å². The number of hydrogen-bond acceptors (Lipinski definition) is 4. The number of aliphatic hydroxyl groups is 3. The largest absolute Gasteiger partial charge is 0.393 e. The predicted octanol–water partition coefficient (Wildman–Crippen LogP) is 3.56. The molecule has 11 unspecified atom stereocenters. The molecule has 160 valence electrons. The van der Waals surface area contributed by atoms with Gasteiger partial charge in [-0.2, -0.15) is 0 Å². The Kier molecular flexibility index (Phi) is 5.46. The Morgan fingerprint density at radius 3 is 2.50 bits per heavy atom. The zero-order valence-corrected chi connectivity index (χ0v) is 17.9. The highest BCUT2D eigenvalue weighted by atomic mass is 16.3. The maximum absolute atomic E-state index is 11.5. The van der Waals surface area contributed by atoms with Crippen molar-refractivity contribution in [3.05, 3.63) is 0 Å². The fourth-order valence-corrected chi connectivity index (χ4v) is 8.66. The summed E-state index contributed by atoms with van der Waals surface area (Å²) in [4.78, 5) is 10.9. The maximum atomic E-state index is 11.5. The third-order valence-corrected chi connectivity index (χ3v) is 10.3. The standard InChI is InChI=1S/C24H40O4/c1-14(5-4-10-25)17-6-7-18-22-19(13-21(28)24(17,18)3)23(2)9-8-16(26)11-15(23)12-20(22)27/h10,14-22,26-28H,4-9,11-13H2,1-3H3. The molecule has 0 bridgehead atoms. The quantitative estimate of drug-likeness (QED) is 0.639. The third-order valence-electron chi connectivity index (χ3n) is 10.3. The van der Waals surface area contributed by atoms with Crippen molar-refractivity contribution in [2.75, 3.05) is 0 Å². The van der Waals surface area contributed by atoms with Crippen molar-refractivity contribution in [3.63, 3.8) is 0 Å². The van der Waals surface area contributed by atoms with Crippen LogP contribution < -0.4 is 0 Å². The summed E-state index contributed by atoms with van der Waals surface area (Å²) in [5.74, 6) is 2.22. The Balaban J connectivity index is 1.63. The molecule has 3 N–H and O–H groups in total. The molecule has 11 atom stereocenters. The van der Waals surface area contributed by atoms with Crippen LogP contribution in [0.2, 0.25) is 0 Å². The molecule has 0 aliphatic heterocycles. The molecule has 0 radical (unpaired) electrons. The van der Waals surface area contributed by atoms with E-state index in [1.54, 1.807) is 0 Å². The molecule has 0 heterocycles. The lowest BCUT2D eigenvalue weighted by atomic mass is 9.43. The van der Waals surface area contributed by atoms with Crippen LogP contribution in [0.5, 0.6) is 0 Å². The molecule has 0 spiro atoms. The van der Waals surface area contributed by atoms with Gasteiger partial charge in [0, 0.05) is 6.42 Å². The number of carbonyl (C=O) groups excluding carboxylic acids is 1. The molecule has 28 heavy (non-hydrogen) atoms. The lowest BCUT2D eigenvalue weighted by molar-refractivity contribution is -0.207. The van der Waals surface area contributed by atoms with Crippen molar-refractivity contribution in [1.29, 1.82) is 0 Å². The first-order valence-electron chi connectivity index (χ1n) is 11.7. The minimum atomic E-state index is -0.334. The van der Waals surface area contributed by atoms with Crippen LogP contribution in [-0.4, -0.2) is 39.9 Å². The lowest BCUT2D eigenvalue weighted by Gasteiger charge is -2.63. The van der Waals surface area contributed by atoms with Crippen LogP contribution in [0.25, 0.3) is 0 Å². The highest BCUT2D eigenvalue weighted by Gasteiger charge is 2.65. The molecule has 0 aromatic heterocycles. The van der Waals surface area contributed by atoms with E-state index in [-0.39, 0.29) is 35.1 Å². The van der Waals surface area contributed by atoms with E-state index in [4.69, 9.17) is 0 Å². The number of carbonyl (C=O) groups is 1. The van der Waals surface area contributed by atoms with Gasteiger partial charge in [-0.05, 0) is 97.7 Å². The smallest absolute Gasteiger partial charge is 0.120 e. The number of rotatable bonds is 4. The molecule has 4 nitrogen and oxygen atoms in total. The molecule has 0 amide bonds. The minimum absolute atomic E-state index is 0.132. The third kappa shape index (κ3) is 2.93. The first kappa shape index (κ1) is 20.8. The summed E-state index contributed by atoms with van der Waals surface area (Å²) in [5.41, 5.74) is -0.0194. The van der Waals surface area contributed by atoms with E-state index < -0.39 is 0 Å². The van der Waals surface area contributed by atoms with Gasteiger partial charge in [-0.15, -0.1) is 0 Å². The van der Waals surface area contributed by atoms with Crippen LogP contribution in [0, 0.1) is 46.3 Å². The average molecular weight is 393 g/mol. The van der Waals surface area contributed by atoms with Gasteiger partial charge < -0.3 is 20.1 Å². The fourth-order valence-electron chi connectivity index (χ4n) is 8.66. The van der Waals surface area contributed by atoms with E-state index >= 15 is 0 Å². The van der Waals surface area contributed by atoms with Crippen molar-refractivity contribution in [3.8, 4) is 0 Å². The first-order valence-corrected chi connectivity index (χ1v) is 11.7. The highest BCUT2D eigenvalue weighted by Crippen LogP contribution is 2.68. The SMILES string of the molecule is CC(CCC=O)C1CCC2C3C(O)CC4CC(O)CCC4(C)C3CC(O)C12C. The van der Waals surface area contributed by atoms with Crippen LogP contribution in [0.4, 0.5) is 0 Å². The molecule has 0 saturated heterocycles. The summed E-state index contributed by atoms with van der Waals surface area (Å²) < 4.78 is 0. The van der Waals surface area contributed by atoms with Crippen molar-refractivity contribution in [2.24, 2.45) is 46.3 Å². The van der Waals surface area contributed by atoms with Gasteiger partial charge in [0.15, 0.2) is 0 Å². The van der Waals surface area contributed by atoms with Crippen LogP contribution in [0.1, 0.15) is 78.6 Å². The van der Waals surface area contributed by atoms with E-state index in [1.807, 2.05) is 0 Å². The molecule has 4 rings (SSSR count). The maximum Gasteiger partial charge on any atom is 0.120 e. The molecule has 4 aliphatic carbocycles. The second kappa shape index (κ2) is 7.35. The molecule has 4 saturated carbocycles. The van der Waals surface area contributed by atoms with Gasteiger partial charge in [-0.1, -0.05) is 20.8 Å². The molecular formula is C24H40O4. The van der Waals surface area contributed by atoms with Gasteiger partial charge in [0.2, 0.25) is 0 Å². The Morgan fingerprint density at radius 1 is 1.04 bits per heavy atom. The summed E-state index contributed by atoms with van der Waals surface area (Å²) in [6.07, 6.45) is 8.11. The summed E-state index contributed by atoms with van der Waals surface area (Å²) in [6, 6.07) is 0. The van der Waals surface area contributed by atoms with E-state index in [0.29, 0.717) is 36.0 Å². The molecule has 0 aromatic carbocycles. The van der Waals surface area contributed by atoms with Gasteiger partial charge in [0.1, 0.15) is 6.29 Å². The molecule has 4 fully saturated rings. The topological polar surface area (TPSA) is 77.8 Å². The van der Waals surface area contributed by atoms with Gasteiger partial charge in [0.25, 0.3) is 0 Å². The van der Waals surface area contributed by atoms with E-state index in [9.17, 15) is 20.1 Å². The highest BCUT2D eigenvalue weighted by molar-refractivity contribution is 5.49.